The summed E-state index contributed by atoms with van der Waals surface area (Å²) in [6.45, 7) is 4.93. The predicted octanol–water partition coefficient (Wildman–Crippen LogP) is 17.9. The first-order chi connectivity index (χ1) is 32.0. The van der Waals surface area contributed by atoms with Gasteiger partial charge in [-0.1, -0.05) is 250 Å². The molecular weight excluding hydrogens is 803 g/mol. The van der Waals surface area contributed by atoms with Crippen LogP contribution < -0.4 is 5.32 Å². The van der Waals surface area contributed by atoms with Gasteiger partial charge in [0, 0.05) is 12.8 Å². The normalized spacial score (nSPS) is 12.7. The summed E-state index contributed by atoms with van der Waals surface area (Å²) < 4.78 is 5.47. The van der Waals surface area contributed by atoms with Crippen molar-refractivity contribution in [2.45, 2.75) is 328 Å². The molecule has 6 nitrogen and oxygen atoms in total. The van der Waals surface area contributed by atoms with Crippen molar-refractivity contribution in [2.75, 3.05) is 13.2 Å². The molecule has 0 aromatic carbocycles. The van der Waals surface area contributed by atoms with Crippen molar-refractivity contribution in [3.8, 4) is 0 Å². The second kappa shape index (κ2) is 54.9. The van der Waals surface area contributed by atoms with Crippen LogP contribution in [0, 0.1) is 0 Å². The van der Waals surface area contributed by atoms with Crippen molar-refractivity contribution in [1.82, 2.24) is 5.32 Å². The van der Waals surface area contributed by atoms with E-state index in [9.17, 15) is 19.8 Å². The monoisotopic (exact) mass is 916 g/mol. The molecule has 1 amide bonds. The zero-order chi connectivity index (χ0) is 47.2. The number of amides is 1. The number of hydrogen-bond donors (Lipinski definition) is 3. The number of hydrogen-bond acceptors (Lipinski definition) is 5. The van der Waals surface area contributed by atoms with Crippen LogP contribution in [0.3, 0.4) is 0 Å². The third-order valence-corrected chi connectivity index (χ3v) is 13.5. The fourth-order valence-corrected chi connectivity index (χ4v) is 8.98. The quantitative estimate of drug-likeness (QED) is 0.0321. The molecule has 0 spiro atoms. The first-order valence-corrected chi connectivity index (χ1v) is 29.1. The fourth-order valence-electron chi connectivity index (χ4n) is 8.98. The molecule has 0 bridgehead atoms. The van der Waals surface area contributed by atoms with E-state index in [1.165, 1.54) is 238 Å². The number of allylic oxidation sites excluding steroid dienone is 4. The number of unbranched alkanes of at least 4 members (excludes halogenated alkanes) is 39. The molecule has 0 heterocycles. The molecule has 2 unspecified atom stereocenters. The van der Waals surface area contributed by atoms with Gasteiger partial charge in [0.2, 0.25) is 5.91 Å². The lowest BCUT2D eigenvalue weighted by molar-refractivity contribution is -0.143. The van der Waals surface area contributed by atoms with E-state index in [0.29, 0.717) is 25.9 Å². The van der Waals surface area contributed by atoms with Crippen molar-refractivity contribution < 1.29 is 24.5 Å². The standard InChI is InChI=1S/C59H113NO5/c1-3-5-7-9-11-13-15-28-33-37-41-45-49-53-59(64)65-54-50-46-42-38-34-30-27-25-23-21-19-17-16-18-20-22-24-26-29-32-36-40-44-48-52-58(63)60-56(55-61)57(62)51-47-43-39-35-31-14-12-10-8-6-4-2/h13,15,18,20,56-57,61-62H,3-12,14,16-17,19,21-55H2,1-2H3,(H,60,63)/b15-13-,20-18-. The lowest BCUT2D eigenvalue weighted by Crippen LogP contribution is -2.45. The fraction of sp³-hybridized carbons (Fsp3) is 0.898. The van der Waals surface area contributed by atoms with Crippen LogP contribution in [0.5, 0.6) is 0 Å². The Kier molecular flexibility index (Phi) is 53.5. The molecule has 6 heteroatoms. The topological polar surface area (TPSA) is 95.9 Å². The van der Waals surface area contributed by atoms with E-state index in [2.05, 4.69) is 43.5 Å². The number of esters is 1. The number of carbonyl (C=O) groups is 2. The highest BCUT2D eigenvalue weighted by Gasteiger charge is 2.20. The van der Waals surface area contributed by atoms with Gasteiger partial charge in [-0.25, -0.2) is 0 Å². The lowest BCUT2D eigenvalue weighted by Gasteiger charge is -2.22. The van der Waals surface area contributed by atoms with Crippen LogP contribution in [0.25, 0.3) is 0 Å². The van der Waals surface area contributed by atoms with E-state index < -0.39 is 12.1 Å². The Morgan fingerprint density at radius 3 is 1.11 bits per heavy atom. The maximum absolute atomic E-state index is 12.4. The number of carbonyl (C=O) groups excluding carboxylic acids is 2. The zero-order valence-corrected chi connectivity index (χ0v) is 43.7. The third kappa shape index (κ3) is 51.6. The molecule has 65 heavy (non-hydrogen) atoms. The highest BCUT2D eigenvalue weighted by Crippen LogP contribution is 2.17. The largest absolute Gasteiger partial charge is 0.466 e. The summed E-state index contributed by atoms with van der Waals surface area (Å²) >= 11 is 0. The van der Waals surface area contributed by atoms with Crippen LogP contribution in [-0.2, 0) is 14.3 Å². The van der Waals surface area contributed by atoms with E-state index in [0.717, 1.165) is 44.9 Å². The number of ether oxygens (including phenoxy) is 1. The van der Waals surface area contributed by atoms with Gasteiger partial charge in [0.25, 0.3) is 0 Å². The highest BCUT2D eigenvalue weighted by molar-refractivity contribution is 5.76. The average molecular weight is 917 g/mol. The Labute approximate surface area is 405 Å². The van der Waals surface area contributed by atoms with Crippen LogP contribution >= 0.6 is 0 Å². The van der Waals surface area contributed by atoms with E-state index in [1.54, 1.807) is 0 Å². The molecule has 0 aliphatic rings. The number of aliphatic hydroxyl groups excluding tert-OH is 2. The Balaban J connectivity index is 3.39. The average Bonchev–Trinajstić information content (AvgIpc) is 3.31. The van der Waals surface area contributed by atoms with Crippen LogP contribution in [-0.4, -0.2) is 47.4 Å². The minimum atomic E-state index is -0.665. The smallest absolute Gasteiger partial charge is 0.305 e. The summed E-state index contributed by atoms with van der Waals surface area (Å²) in [5, 5.41) is 23.2. The summed E-state index contributed by atoms with van der Waals surface area (Å²) in [6.07, 6.45) is 66.1. The van der Waals surface area contributed by atoms with Crippen molar-refractivity contribution >= 4 is 11.9 Å². The van der Waals surface area contributed by atoms with E-state index >= 15 is 0 Å². The van der Waals surface area contributed by atoms with Gasteiger partial charge in [-0.2, -0.15) is 0 Å². The summed E-state index contributed by atoms with van der Waals surface area (Å²) in [6, 6.07) is -0.543. The minimum absolute atomic E-state index is 0.00321. The second-order valence-corrected chi connectivity index (χ2v) is 20.0. The molecule has 3 N–H and O–H groups in total. The molecule has 0 rings (SSSR count). The van der Waals surface area contributed by atoms with Gasteiger partial charge >= 0.3 is 5.97 Å². The van der Waals surface area contributed by atoms with Gasteiger partial charge in [0.15, 0.2) is 0 Å². The lowest BCUT2D eigenvalue weighted by atomic mass is 10.0. The van der Waals surface area contributed by atoms with Gasteiger partial charge in [0.05, 0.1) is 25.4 Å². The molecule has 0 saturated carbocycles. The Morgan fingerprint density at radius 2 is 0.723 bits per heavy atom. The molecule has 0 radical (unpaired) electrons. The van der Waals surface area contributed by atoms with Gasteiger partial charge in [-0.3, -0.25) is 9.59 Å². The predicted molar refractivity (Wildman–Crippen MR) is 283 cm³/mol. The van der Waals surface area contributed by atoms with Crippen molar-refractivity contribution in [1.29, 1.82) is 0 Å². The van der Waals surface area contributed by atoms with Gasteiger partial charge in [0.1, 0.15) is 0 Å². The molecule has 384 valence electrons. The van der Waals surface area contributed by atoms with Gasteiger partial charge in [-0.05, 0) is 77.0 Å². The van der Waals surface area contributed by atoms with E-state index in [-0.39, 0.29) is 18.5 Å². The molecule has 0 aliphatic carbocycles. The molecular formula is C59H113NO5. The third-order valence-electron chi connectivity index (χ3n) is 13.5. The van der Waals surface area contributed by atoms with Crippen LogP contribution in [0.15, 0.2) is 24.3 Å². The first-order valence-electron chi connectivity index (χ1n) is 29.1. The summed E-state index contributed by atoms with van der Waals surface area (Å²) in [5.74, 6) is -0.0369. The van der Waals surface area contributed by atoms with Crippen molar-refractivity contribution in [3.05, 3.63) is 24.3 Å². The van der Waals surface area contributed by atoms with E-state index in [1.807, 2.05) is 0 Å². The number of nitrogens with one attached hydrogen (secondary N) is 1. The van der Waals surface area contributed by atoms with Crippen LogP contribution in [0.1, 0.15) is 316 Å². The van der Waals surface area contributed by atoms with Crippen molar-refractivity contribution in [3.63, 3.8) is 0 Å². The zero-order valence-electron chi connectivity index (χ0n) is 43.7. The Bertz CT molecular complexity index is 1010. The van der Waals surface area contributed by atoms with Crippen LogP contribution in [0.2, 0.25) is 0 Å². The molecule has 0 fully saturated rings. The second-order valence-electron chi connectivity index (χ2n) is 20.0. The van der Waals surface area contributed by atoms with Crippen molar-refractivity contribution in [2.24, 2.45) is 0 Å². The summed E-state index contributed by atoms with van der Waals surface area (Å²) in [5.41, 5.74) is 0. The minimum Gasteiger partial charge on any atom is -0.466 e. The molecule has 0 saturated heterocycles. The SMILES string of the molecule is CCCCCC/C=C\CCCCCCCC(=O)OCCCCCCCCCCCCCC/C=C\CCCCCCCCCCC(=O)NC(CO)C(O)CCCCCCCCCCCCC. The molecule has 0 aromatic heterocycles. The maximum atomic E-state index is 12.4. The molecule has 0 aliphatic heterocycles. The summed E-state index contributed by atoms with van der Waals surface area (Å²) in [4.78, 5) is 24.4. The molecule has 0 aromatic rings. The first kappa shape index (κ1) is 63.3. The highest BCUT2D eigenvalue weighted by atomic mass is 16.5. The Morgan fingerprint density at radius 1 is 0.415 bits per heavy atom. The van der Waals surface area contributed by atoms with Gasteiger partial charge < -0.3 is 20.3 Å². The maximum Gasteiger partial charge on any atom is 0.305 e. The summed E-state index contributed by atoms with van der Waals surface area (Å²) in [7, 11) is 0. The number of aliphatic hydroxyl groups is 2. The molecule has 2 atom stereocenters. The Hall–Kier alpha value is -1.66. The van der Waals surface area contributed by atoms with E-state index in [4.69, 9.17) is 4.74 Å². The number of rotatable bonds is 54. The van der Waals surface area contributed by atoms with Crippen LogP contribution in [0.4, 0.5) is 0 Å². The van der Waals surface area contributed by atoms with Gasteiger partial charge in [-0.15, -0.1) is 0 Å².